The number of pyridine rings is 1. The molecule has 10 nitrogen and oxygen atoms in total. The van der Waals surface area contributed by atoms with Gasteiger partial charge in [0.15, 0.2) is 17.8 Å². The predicted molar refractivity (Wildman–Crippen MR) is 156 cm³/mol. The van der Waals surface area contributed by atoms with Crippen LogP contribution in [0.1, 0.15) is 106 Å². The molecule has 0 saturated carbocycles. The first-order valence-corrected chi connectivity index (χ1v) is 14.0. The summed E-state index contributed by atoms with van der Waals surface area (Å²) in [7, 11) is 0. The van der Waals surface area contributed by atoms with Crippen molar-refractivity contribution < 1.29 is 14.3 Å². The first-order chi connectivity index (χ1) is 19.5. The van der Waals surface area contributed by atoms with Gasteiger partial charge in [0.25, 0.3) is 0 Å². The molecule has 1 aromatic carbocycles. The number of amides is 2. The van der Waals surface area contributed by atoms with Crippen molar-refractivity contribution in [1.82, 2.24) is 29.9 Å². The second kappa shape index (κ2) is 10.9. The summed E-state index contributed by atoms with van der Waals surface area (Å²) in [6, 6.07) is 13.0. The van der Waals surface area contributed by atoms with Crippen LogP contribution in [0.5, 0.6) is 5.75 Å². The average Bonchev–Trinajstić information content (AvgIpc) is 3.38. The van der Waals surface area contributed by atoms with Gasteiger partial charge in [0.05, 0.1) is 17.9 Å². The molecule has 3 heterocycles. The van der Waals surface area contributed by atoms with E-state index in [4.69, 9.17) is 4.74 Å². The van der Waals surface area contributed by atoms with Crippen LogP contribution < -0.4 is 15.4 Å². The lowest BCUT2D eigenvalue weighted by Crippen LogP contribution is -2.36. The van der Waals surface area contributed by atoms with Gasteiger partial charge in [-0.25, -0.2) is 14.8 Å². The first kappa shape index (κ1) is 28.2. The lowest BCUT2D eigenvalue weighted by atomic mass is 9.85. The molecule has 0 aliphatic heterocycles. The summed E-state index contributed by atoms with van der Waals surface area (Å²) in [5, 5.41) is 14.6. The first-order valence-electron chi connectivity index (χ1n) is 14.0. The number of hydrogen-bond acceptors (Lipinski definition) is 7. The van der Waals surface area contributed by atoms with E-state index in [-0.39, 0.29) is 34.6 Å². The third-order valence-electron chi connectivity index (χ3n) is 7.74. The minimum absolute atomic E-state index is 0.0331. The maximum atomic E-state index is 13.0. The van der Waals surface area contributed by atoms with E-state index < -0.39 is 6.03 Å². The number of ether oxygens (including phenoxy) is 1. The number of rotatable bonds is 7. The zero-order valence-corrected chi connectivity index (χ0v) is 24.4. The molecule has 2 unspecified atom stereocenters. The van der Waals surface area contributed by atoms with E-state index in [1.165, 1.54) is 0 Å². The number of hydrogen-bond donors (Lipinski definition) is 2. The molecule has 41 heavy (non-hydrogen) atoms. The highest BCUT2D eigenvalue weighted by Gasteiger charge is 2.30. The minimum atomic E-state index is -0.399. The fraction of sp³-hybridized carbons (Fsp3) is 0.419. The molecule has 2 N–H and O–H groups in total. The lowest BCUT2D eigenvalue weighted by Gasteiger charge is -2.32. The Hall–Kier alpha value is -4.34. The smallest absolute Gasteiger partial charge is 0.320 e. The number of aldehydes is 1. The Morgan fingerprint density at radius 1 is 1.05 bits per heavy atom. The Morgan fingerprint density at radius 3 is 2.51 bits per heavy atom. The third kappa shape index (κ3) is 5.91. The number of carbonyl (C=O) groups excluding carboxylic acids is 2. The maximum absolute atomic E-state index is 13.0. The second-order valence-corrected chi connectivity index (χ2v) is 12.2. The highest BCUT2D eigenvalue weighted by Crippen LogP contribution is 2.39. The predicted octanol–water partition coefficient (Wildman–Crippen LogP) is 6.09. The van der Waals surface area contributed by atoms with Crippen molar-refractivity contribution in [2.24, 2.45) is 0 Å². The van der Waals surface area contributed by atoms with Gasteiger partial charge in [-0.2, -0.15) is 0 Å². The number of nitrogens with zero attached hydrogens (tertiary/aromatic N) is 5. The van der Waals surface area contributed by atoms with Crippen molar-refractivity contribution in [3.63, 3.8) is 0 Å². The Balaban J connectivity index is 1.33. The Labute approximate surface area is 240 Å². The van der Waals surface area contributed by atoms with Crippen LogP contribution in [0.15, 0.2) is 48.7 Å². The highest BCUT2D eigenvalue weighted by atomic mass is 16.5. The number of benzene rings is 1. The summed E-state index contributed by atoms with van der Waals surface area (Å²) < 4.78 is 8.54. The molecule has 2 amide bonds. The monoisotopic (exact) mass is 555 g/mol. The van der Waals surface area contributed by atoms with Crippen molar-refractivity contribution >= 4 is 23.8 Å². The average molecular weight is 556 g/mol. The molecule has 0 fully saturated rings. The van der Waals surface area contributed by atoms with Crippen LogP contribution in [0.3, 0.4) is 0 Å². The van der Waals surface area contributed by atoms with Crippen LogP contribution >= 0.6 is 0 Å². The Bertz CT molecular complexity index is 1590. The number of anilines is 1. The van der Waals surface area contributed by atoms with Gasteiger partial charge in [-0.05, 0) is 42.5 Å². The standard InChI is InChI=1S/C31H37N7O3/c1-7-31(5,6)28-37-36-27-15-12-19(17-38(27)28)41-23-14-13-22(20-10-8-9-11-21(20)23)32-29(40)35-25-16-24(30(2,3)4)33-26(18-39)34-25/h8-12,15-18,22-23H,7,13-14H2,1-6H3,(H2,32,33,34,35,40). The summed E-state index contributed by atoms with van der Waals surface area (Å²) in [6.07, 6.45) is 4.72. The molecule has 2 atom stereocenters. The number of nitrogens with one attached hydrogen (secondary N) is 2. The van der Waals surface area contributed by atoms with Gasteiger partial charge in [-0.3, -0.25) is 14.5 Å². The normalized spacial score (nSPS) is 17.1. The van der Waals surface area contributed by atoms with E-state index in [1.807, 2.05) is 67.8 Å². The van der Waals surface area contributed by atoms with E-state index in [0.717, 1.165) is 34.8 Å². The van der Waals surface area contributed by atoms with Crippen LogP contribution in [-0.4, -0.2) is 36.9 Å². The topological polar surface area (TPSA) is 123 Å². The largest absolute Gasteiger partial charge is 0.484 e. The maximum Gasteiger partial charge on any atom is 0.320 e. The summed E-state index contributed by atoms with van der Waals surface area (Å²) in [5.41, 5.74) is 3.06. The number of carbonyl (C=O) groups is 2. The Morgan fingerprint density at radius 2 is 1.80 bits per heavy atom. The summed E-state index contributed by atoms with van der Waals surface area (Å²) in [5.74, 6) is 1.95. The van der Waals surface area contributed by atoms with Crippen LogP contribution in [-0.2, 0) is 10.8 Å². The molecule has 1 aliphatic rings. The molecule has 0 saturated heterocycles. The van der Waals surface area contributed by atoms with Gasteiger partial charge >= 0.3 is 6.03 Å². The third-order valence-corrected chi connectivity index (χ3v) is 7.74. The number of urea groups is 1. The molecular formula is C31H37N7O3. The van der Waals surface area contributed by atoms with Gasteiger partial charge in [0.2, 0.25) is 0 Å². The fourth-order valence-corrected chi connectivity index (χ4v) is 5.03. The molecular weight excluding hydrogens is 518 g/mol. The van der Waals surface area contributed by atoms with Crippen LogP contribution in [0.25, 0.3) is 5.65 Å². The van der Waals surface area contributed by atoms with E-state index in [2.05, 4.69) is 51.6 Å². The van der Waals surface area contributed by atoms with Crippen molar-refractivity contribution in [2.75, 3.05) is 5.32 Å². The molecule has 0 spiro atoms. The molecule has 4 aromatic rings. The van der Waals surface area contributed by atoms with Gasteiger partial charge in [0, 0.05) is 16.9 Å². The lowest BCUT2D eigenvalue weighted by molar-refractivity contribution is 0.111. The van der Waals surface area contributed by atoms with Crippen LogP contribution in [0.4, 0.5) is 10.6 Å². The number of aromatic nitrogens is 5. The van der Waals surface area contributed by atoms with E-state index in [9.17, 15) is 9.59 Å². The molecule has 1 aliphatic carbocycles. The zero-order valence-electron chi connectivity index (χ0n) is 24.4. The van der Waals surface area contributed by atoms with Gasteiger partial charge in [-0.15, -0.1) is 10.2 Å². The summed E-state index contributed by atoms with van der Waals surface area (Å²) in [6.45, 7) is 12.4. The molecule has 0 bridgehead atoms. The van der Waals surface area contributed by atoms with Gasteiger partial charge in [0.1, 0.15) is 23.5 Å². The van der Waals surface area contributed by atoms with Crippen molar-refractivity contribution in [1.29, 1.82) is 0 Å². The van der Waals surface area contributed by atoms with E-state index in [0.29, 0.717) is 24.8 Å². The Kier molecular flexibility index (Phi) is 7.50. The zero-order chi connectivity index (χ0) is 29.4. The summed E-state index contributed by atoms with van der Waals surface area (Å²) in [4.78, 5) is 32.9. The minimum Gasteiger partial charge on any atom is -0.484 e. The van der Waals surface area contributed by atoms with E-state index in [1.54, 1.807) is 6.07 Å². The van der Waals surface area contributed by atoms with Crippen molar-refractivity contribution in [3.05, 3.63) is 77.1 Å². The van der Waals surface area contributed by atoms with E-state index >= 15 is 0 Å². The second-order valence-electron chi connectivity index (χ2n) is 12.2. The fourth-order valence-electron chi connectivity index (χ4n) is 5.03. The number of fused-ring (bicyclic) bond motifs is 2. The van der Waals surface area contributed by atoms with Crippen molar-refractivity contribution in [2.45, 2.75) is 83.8 Å². The molecule has 0 radical (unpaired) electrons. The summed E-state index contributed by atoms with van der Waals surface area (Å²) >= 11 is 0. The molecule has 5 rings (SSSR count). The quantitative estimate of drug-likeness (QED) is 0.264. The van der Waals surface area contributed by atoms with Crippen LogP contribution in [0, 0.1) is 0 Å². The van der Waals surface area contributed by atoms with Gasteiger partial charge in [-0.1, -0.05) is 65.8 Å². The van der Waals surface area contributed by atoms with Gasteiger partial charge < -0.3 is 10.1 Å². The van der Waals surface area contributed by atoms with Crippen molar-refractivity contribution in [3.8, 4) is 5.75 Å². The SMILES string of the molecule is CCC(C)(C)c1nnc2ccc(OC3CCC(NC(=O)Nc4cc(C(C)(C)C)nc(C=O)n4)c4ccccc43)cn12. The molecule has 214 valence electrons. The molecule has 3 aromatic heterocycles. The highest BCUT2D eigenvalue weighted by molar-refractivity contribution is 5.89. The van der Waals surface area contributed by atoms with Crippen LogP contribution in [0.2, 0.25) is 0 Å². The molecule has 10 heteroatoms.